The number of rotatable bonds is 4. The lowest BCUT2D eigenvalue weighted by atomic mass is 10.0. The summed E-state index contributed by atoms with van der Waals surface area (Å²) in [4.78, 5) is 23.7. The molecule has 3 rings (SSSR count). The summed E-state index contributed by atoms with van der Waals surface area (Å²) in [6.07, 6.45) is 0.915. The molecular weight excluding hydrogens is 316 g/mol. The normalized spacial score (nSPS) is 24.1. The Morgan fingerprint density at radius 1 is 1.00 bits per heavy atom. The molecule has 0 N–H and O–H groups in total. The first-order valence-electron chi connectivity index (χ1n) is 6.52. The van der Waals surface area contributed by atoms with E-state index in [-0.39, 0.29) is 23.5 Å². The summed E-state index contributed by atoms with van der Waals surface area (Å²) in [7, 11) is 0. The predicted octanol–water partition coefficient (Wildman–Crippen LogP) is 3.86. The average molecular weight is 329 g/mol. The van der Waals surface area contributed by atoms with Gasteiger partial charge in [-0.25, -0.2) is 0 Å². The number of carbonyl (C=O) groups excluding carboxylic acids is 2. The minimum absolute atomic E-state index is 0.0216. The maximum atomic E-state index is 12.5. The molecule has 3 heteroatoms. The molecule has 0 radical (unpaired) electrons. The molecule has 0 aromatic heterocycles. The fraction of sp³-hybridized carbons (Fsp3) is 0.176. The zero-order chi connectivity index (χ0) is 14.1. The lowest BCUT2D eigenvalue weighted by Gasteiger charge is -2.01. The molecule has 20 heavy (non-hydrogen) atoms. The quantitative estimate of drug-likeness (QED) is 0.630. The van der Waals surface area contributed by atoms with Crippen LogP contribution in [0.25, 0.3) is 0 Å². The SMILES string of the molecule is O=C[C@H]1[C@@H](C(=O)c2ccccc2)[C@@H]1c1ccc(Br)cc1. The van der Waals surface area contributed by atoms with Crippen molar-refractivity contribution in [2.45, 2.75) is 5.92 Å². The van der Waals surface area contributed by atoms with Gasteiger partial charge in [0.05, 0.1) is 0 Å². The van der Waals surface area contributed by atoms with Gasteiger partial charge in [-0.15, -0.1) is 0 Å². The molecular formula is C17H13BrO2. The Balaban J connectivity index is 1.86. The summed E-state index contributed by atoms with van der Waals surface area (Å²) in [5, 5.41) is 0. The third-order valence-electron chi connectivity index (χ3n) is 3.85. The highest BCUT2D eigenvalue weighted by atomic mass is 79.9. The first-order valence-corrected chi connectivity index (χ1v) is 7.31. The average Bonchev–Trinajstić information content (AvgIpc) is 3.22. The highest BCUT2D eigenvalue weighted by Crippen LogP contribution is 2.54. The molecule has 0 spiro atoms. The van der Waals surface area contributed by atoms with Gasteiger partial charge in [-0.05, 0) is 17.7 Å². The van der Waals surface area contributed by atoms with Crippen molar-refractivity contribution >= 4 is 28.0 Å². The Labute approximate surface area is 125 Å². The summed E-state index contributed by atoms with van der Waals surface area (Å²) >= 11 is 3.39. The predicted molar refractivity (Wildman–Crippen MR) is 80.7 cm³/mol. The minimum Gasteiger partial charge on any atom is -0.303 e. The van der Waals surface area contributed by atoms with Crippen molar-refractivity contribution in [1.29, 1.82) is 0 Å². The summed E-state index contributed by atoms with van der Waals surface area (Å²) < 4.78 is 0.996. The maximum Gasteiger partial charge on any atom is 0.167 e. The van der Waals surface area contributed by atoms with Crippen LogP contribution in [0.1, 0.15) is 21.8 Å². The first kappa shape index (κ1) is 13.3. The van der Waals surface area contributed by atoms with Crippen molar-refractivity contribution in [3.8, 4) is 0 Å². The van der Waals surface area contributed by atoms with E-state index in [4.69, 9.17) is 0 Å². The molecule has 2 aromatic carbocycles. The molecule has 0 heterocycles. The summed E-state index contributed by atoms with van der Waals surface area (Å²) in [5.74, 6) is -0.316. The van der Waals surface area contributed by atoms with Gasteiger partial charge >= 0.3 is 0 Å². The van der Waals surface area contributed by atoms with Gasteiger partial charge in [0.25, 0.3) is 0 Å². The molecule has 1 aliphatic rings. The number of Topliss-reactive ketones (excluding diaryl/α,β-unsaturated/α-hetero) is 1. The number of benzene rings is 2. The largest absolute Gasteiger partial charge is 0.303 e. The fourth-order valence-electron chi connectivity index (χ4n) is 2.75. The first-order chi connectivity index (χ1) is 9.72. The summed E-state index contributed by atoms with van der Waals surface area (Å²) in [6.45, 7) is 0. The van der Waals surface area contributed by atoms with Gasteiger partial charge in [-0.2, -0.15) is 0 Å². The van der Waals surface area contributed by atoms with Crippen LogP contribution >= 0.6 is 15.9 Å². The topological polar surface area (TPSA) is 34.1 Å². The van der Waals surface area contributed by atoms with E-state index in [1.54, 1.807) is 12.1 Å². The second-order valence-electron chi connectivity index (χ2n) is 5.05. The smallest absolute Gasteiger partial charge is 0.167 e. The number of aldehydes is 1. The van der Waals surface area contributed by atoms with Crippen molar-refractivity contribution in [2.24, 2.45) is 11.8 Å². The Bertz CT molecular complexity index is 634. The molecule has 1 fully saturated rings. The van der Waals surface area contributed by atoms with Crippen LogP contribution in [0.5, 0.6) is 0 Å². The lowest BCUT2D eigenvalue weighted by Crippen LogP contribution is -2.04. The van der Waals surface area contributed by atoms with Crippen LogP contribution in [0, 0.1) is 11.8 Å². The monoisotopic (exact) mass is 328 g/mol. The Kier molecular flexibility index (Phi) is 3.53. The van der Waals surface area contributed by atoms with Crippen molar-refractivity contribution in [3.63, 3.8) is 0 Å². The van der Waals surface area contributed by atoms with Crippen molar-refractivity contribution in [1.82, 2.24) is 0 Å². The van der Waals surface area contributed by atoms with Crippen LogP contribution in [0.2, 0.25) is 0 Å². The van der Waals surface area contributed by atoms with Crippen LogP contribution in [0.4, 0.5) is 0 Å². The second kappa shape index (κ2) is 5.33. The molecule has 0 amide bonds. The third-order valence-corrected chi connectivity index (χ3v) is 4.38. The van der Waals surface area contributed by atoms with Crippen LogP contribution in [-0.4, -0.2) is 12.1 Å². The van der Waals surface area contributed by atoms with E-state index in [1.165, 1.54) is 0 Å². The molecule has 0 aliphatic heterocycles. The fourth-order valence-corrected chi connectivity index (χ4v) is 3.02. The Hall–Kier alpha value is -1.74. The molecule has 0 unspecified atom stereocenters. The van der Waals surface area contributed by atoms with Gasteiger partial charge in [0.2, 0.25) is 0 Å². The van der Waals surface area contributed by atoms with Gasteiger partial charge in [-0.3, -0.25) is 4.79 Å². The van der Waals surface area contributed by atoms with E-state index >= 15 is 0 Å². The molecule has 1 aliphatic carbocycles. The van der Waals surface area contributed by atoms with Crippen molar-refractivity contribution in [3.05, 3.63) is 70.2 Å². The molecule has 3 atom stereocenters. The van der Waals surface area contributed by atoms with Crippen molar-refractivity contribution < 1.29 is 9.59 Å². The van der Waals surface area contributed by atoms with Crippen molar-refractivity contribution in [2.75, 3.05) is 0 Å². The Morgan fingerprint density at radius 3 is 2.25 bits per heavy atom. The summed E-state index contributed by atoms with van der Waals surface area (Å²) in [5.41, 5.74) is 1.74. The van der Waals surface area contributed by atoms with Crippen LogP contribution < -0.4 is 0 Å². The molecule has 0 saturated heterocycles. The van der Waals surface area contributed by atoms with Gasteiger partial charge < -0.3 is 4.79 Å². The highest BCUT2D eigenvalue weighted by molar-refractivity contribution is 9.10. The third kappa shape index (κ3) is 2.34. The Morgan fingerprint density at radius 2 is 1.65 bits per heavy atom. The highest BCUT2D eigenvalue weighted by Gasteiger charge is 2.55. The zero-order valence-corrected chi connectivity index (χ0v) is 12.3. The second-order valence-corrected chi connectivity index (χ2v) is 5.96. The molecule has 2 aromatic rings. The van der Waals surface area contributed by atoms with E-state index in [0.717, 1.165) is 16.3 Å². The van der Waals surface area contributed by atoms with E-state index < -0.39 is 0 Å². The van der Waals surface area contributed by atoms with E-state index in [0.29, 0.717) is 5.56 Å². The zero-order valence-electron chi connectivity index (χ0n) is 10.7. The van der Waals surface area contributed by atoms with Gasteiger partial charge in [0.1, 0.15) is 6.29 Å². The molecule has 2 nitrogen and oxygen atoms in total. The maximum absolute atomic E-state index is 12.5. The van der Waals surface area contributed by atoms with Gasteiger partial charge in [0.15, 0.2) is 5.78 Å². The number of hydrogen-bond acceptors (Lipinski definition) is 2. The van der Waals surface area contributed by atoms with E-state index in [1.807, 2.05) is 42.5 Å². The lowest BCUT2D eigenvalue weighted by molar-refractivity contribution is -0.109. The molecule has 0 bridgehead atoms. The number of halogens is 1. The number of ketones is 1. The van der Waals surface area contributed by atoms with Crippen LogP contribution in [-0.2, 0) is 4.79 Å². The number of carbonyl (C=O) groups is 2. The van der Waals surface area contributed by atoms with E-state index in [2.05, 4.69) is 15.9 Å². The van der Waals surface area contributed by atoms with Crippen LogP contribution in [0.15, 0.2) is 59.1 Å². The minimum atomic E-state index is -0.212. The molecule has 100 valence electrons. The summed E-state index contributed by atoms with van der Waals surface area (Å²) in [6, 6.07) is 17.0. The molecule has 1 saturated carbocycles. The van der Waals surface area contributed by atoms with Crippen LogP contribution in [0.3, 0.4) is 0 Å². The number of hydrogen-bond donors (Lipinski definition) is 0. The van der Waals surface area contributed by atoms with Gasteiger partial charge in [0, 0.05) is 27.8 Å². The standard InChI is InChI=1S/C17H13BrO2/c18-13-8-6-11(7-9-13)15-14(10-19)16(15)17(20)12-4-2-1-3-5-12/h1-10,14-16H/t14-,15-,16-/m1/s1. The van der Waals surface area contributed by atoms with E-state index in [9.17, 15) is 9.59 Å². The van der Waals surface area contributed by atoms with Gasteiger partial charge in [-0.1, -0.05) is 58.4 Å².